The smallest absolute Gasteiger partial charge is 0.245 e. The second kappa shape index (κ2) is 11.6. The lowest BCUT2D eigenvalue weighted by Gasteiger charge is -2.36. The predicted octanol–water partition coefficient (Wildman–Crippen LogP) is 3.68. The van der Waals surface area contributed by atoms with E-state index in [0.717, 1.165) is 38.5 Å². The van der Waals surface area contributed by atoms with Crippen molar-refractivity contribution >= 4 is 39.9 Å². The molecule has 1 saturated heterocycles. The van der Waals surface area contributed by atoms with Gasteiger partial charge in [-0.2, -0.15) is 0 Å². The van der Waals surface area contributed by atoms with Gasteiger partial charge in [0.25, 0.3) is 0 Å². The second-order valence-corrected chi connectivity index (χ2v) is 11.1. The third-order valence-corrected chi connectivity index (χ3v) is 8.30. The highest BCUT2D eigenvalue weighted by atomic mass is 32.1. The Morgan fingerprint density at radius 1 is 1.03 bits per heavy atom. The zero-order valence-corrected chi connectivity index (χ0v) is 21.9. The van der Waals surface area contributed by atoms with Crippen LogP contribution in [0.3, 0.4) is 0 Å². The van der Waals surface area contributed by atoms with Crippen molar-refractivity contribution in [1.29, 1.82) is 0 Å². The number of para-hydroxylation sites is 1. The molecule has 5 rings (SSSR count). The Bertz CT molecular complexity index is 1120. The molecule has 3 fully saturated rings. The van der Waals surface area contributed by atoms with Crippen LogP contribution in [0.25, 0.3) is 0 Å². The first kappa shape index (κ1) is 25.6. The lowest BCUT2D eigenvalue weighted by Crippen LogP contribution is -2.49. The van der Waals surface area contributed by atoms with Crippen molar-refractivity contribution in [2.75, 3.05) is 42.9 Å². The summed E-state index contributed by atoms with van der Waals surface area (Å²) in [6.45, 7) is 2.24. The first-order valence-electron chi connectivity index (χ1n) is 13.3. The highest BCUT2D eigenvalue weighted by Gasteiger charge is 2.37. The standard InChI is InChI=1S/C27H34FN5O3S/c28-22-8-4-5-9-23(22)31-12-14-32(15-13-31)25(35)16-20-18-37-27(29-20)30-24(34)17-33(21-10-11-21)26(36)19-6-2-1-3-7-19/h4-5,8-9,18-19,21H,1-3,6-7,10-17H2,(H,29,30,34). The normalized spacial score (nSPS) is 18.5. The van der Waals surface area contributed by atoms with Crippen molar-refractivity contribution in [3.8, 4) is 0 Å². The Morgan fingerprint density at radius 3 is 2.46 bits per heavy atom. The van der Waals surface area contributed by atoms with Crippen LogP contribution in [0.4, 0.5) is 15.2 Å². The number of anilines is 2. The molecule has 0 spiro atoms. The van der Waals surface area contributed by atoms with Gasteiger partial charge in [0.15, 0.2) is 5.13 Å². The molecule has 8 nitrogen and oxygen atoms in total. The average Bonchev–Trinajstić information content (AvgIpc) is 3.67. The van der Waals surface area contributed by atoms with E-state index in [4.69, 9.17) is 0 Å². The zero-order valence-electron chi connectivity index (χ0n) is 21.0. The maximum atomic E-state index is 14.1. The summed E-state index contributed by atoms with van der Waals surface area (Å²) in [5, 5.41) is 5.05. The number of nitrogens with zero attached hydrogens (tertiary/aromatic N) is 4. The number of piperazine rings is 1. The summed E-state index contributed by atoms with van der Waals surface area (Å²) < 4.78 is 14.1. The molecule has 2 saturated carbocycles. The minimum atomic E-state index is -0.252. The SMILES string of the molecule is O=C(CN(C(=O)C1CCCCC1)C1CC1)Nc1nc(CC(=O)N2CCN(c3ccccc3F)CC2)cs1. The number of hydrogen-bond donors (Lipinski definition) is 1. The van der Waals surface area contributed by atoms with Crippen molar-refractivity contribution in [2.45, 2.75) is 57.4 Å². The van der Waals surface area contributed by atoms with E-state index in [1.54, 1.807) is 27.3 Å². The Balaban J connectivity index is 1.10. The van der Waals surface area contributed by atoms with E-state index in [9.17, 15) is 18.8 Å². The quantitative estimate of drug-likeness (QED) is 0.566. The van der Waals surface area contributed by atoms with Crippen LogP contribution >= 0.6 is 11.3 Å². The van der Waals surface area contributed by atoms with Gasteiger partial charge in [0.1, 0.15) is 12.4 Å². The zero-order chi connectivity index (χ0) is 25.8. The van der Waals surface area contributed by atoms with Crippen molar-refractivity contribution in [1.82, 2.24) is 14.8 Å². The maximum Gasteiger partial charge on any atom is 0.245 e. The van der Waals surface area contributed by atoms with E-state index in [-0.39, 0.29) is 48.5 Å². The number of carbonyl (C=O) groups excluding carboxylic acids is 3. The number of carbonyl (C=O) groups is 3. The van der Waals surface area contributed by atoms with Gasteiger partial charge in [-0.25, -0.2) is 9.37 Å². The van der Waals surface area contributed by atoms with Gasteiger partial charge in [-0.15, -0.1) is 11.3 Å². The van der Waals surface area contributed by atoms with Gasteiger partial charge < -0.3 is 20.0 Å². The van der Waals surface area contributed by atoms with Crippen LogP contribution < -0.4 is 10.2 Å². The first-order chi connectivity index (χ1) is 18.0. The number of aromatic nitrogens is 1. The van der Waals surface area contributed by atoms with Crippen molar-refractivity contribution in [3.63, 3.8) is 0 Å². The number of thiazole rings is 1. The summed E-state index contributed by atoms with van der Waals surface area (Å²) in [7, 11) is 0. The Kier molecular flexibility index (Phi) is 8.02. The third-order valence-electron chi connectivity index (χ3n) is 7.50. The molecule has 10 heteroatoms. The van der Waals surface area contributed by atoms with Crippen molar-refractivity contribution < 1.29 is 18.8 Å². The molecule has 2 heterocycles. The molecular formula is C27H34FN5O3S. The first-order valence-corrected chi connectivity index (χ1v) is 14.2. The number of halogens is 1. The van der Waals surface area contributed by atoms with Gasteiger partial charge >= 0.3 is 0 Å². The van der Waals surface area contributed by atoms with Crippen LogP contribution in [-0.2, 0) is 20.8 Å². The Labute approximate surface area is 220 Å². The van der Waals surface area contributed by atoms with E-state index in [2.05, 4.69) is 10.3 Å². The Morgan fingerprint density at radius 2 is 1.76 bits per heavy atom. The summed E-state index contributed by atoms with van der Waals surface area (Å²) in [5.74, 6) is -0.356. The lowest BCUT2D eigenvalue weighted by atomic mass is 9.88. The molecule has 2 aromatic rings. The number of benzene rings is 1. The maximum absolute atomic E-state index is 14.1. The minimum absolute atomic E-state index is 0.0330. The number of hydrogen-bond acceptors (Lipinski definition) is 6. The van der Waals surface area contributed by atoms with Crippen LogP contribution in [0.2, 0.25) is 0 Å². The molecule has 0 radical (unpaired) electrons. The highest BCUT2D eigenvalue weighted by molar-refractivity contribution is 7.13. The van der Waals surface area contributed by atoms with E-state index in [1.165, 1.54) is 23.8 Å². The molecule has 37 heavy (non-hydrogen) atoms. The summed E-state index contributed by atoms with van der Waals surface area (Å²) in [5.41, 5.74) is 1.18. The van der Waals surface area contributed by atoms with Gasteiger partial charge in [0.05, 0.1) is 17.8 Å². The molecule has 1 N–H and O–H groups in total. The molecule has 0 unspecified atom stereocenters. The topological polar surface area (TPSA) is 85.8 Å². The molecule has 0 atom stereocenters. The second-order valence-electron chi connectivity index (χ2n) is 10.2. The molecule has 0 bridgehead atoms. The lowest BCUT2D eigenvalue weighted by molar-refractivity contribution is -0.139. The summed E-state index contributed by atoms with van der Waals surface area (Å²) in [4.78, 5) is 48.5. The van der Waals surface area contributed by atoms with Crippen LogP contribution in [0, 0.1) is 11.7 Å². The molecule has 3 aliphatic rings. The predicted molar refractivity (Wildman–Crippen MR) is 141 cm³/mol. The van der Waals surface area contributed by atoms with Crippen LogP contribution in [0.1, 0.15) is 50.6 Å². The summed E-state index contributed by atoms with van der Waals surface area (Å²) >= 11 is 1.29. The molecule has 198 valence electrons. The fourth-order valence-corrected chi connectivity index (χ4v) is 6.01. The molecule has 3 amide bonds. The average molecular weight is 528 g/mol. The van der Waals surface area contributed by atoms with Crippen molar-refractivity contribution in [2.24, 2.45) is 5.92 Å². The number of nitrogens with one attached hydrogen (secondary N) is 1. The van der Waals surface area contributed by atoms with Gasteiger partial charge in [-0.1, -0.05) is 31.4 Å². The Hall–Kier alpha value is -3.01. The summed E-state index contributed by atoms with van der Waals surface area (Å²) in [6, 6.07) is 6.87. The van der Waals surface area contributed by atoms with E-state index < -0.39 is 0 Å². The van der Waals surface area contributed by atoms with E-state index in [1.807, 2.05) is 11.0 Å². The third kappa shape index (κ3) is 6.47. The highest BCUT2D eigenvalue weighted by Crippen LogP contribution is 2.32. The van der Waals surface area contributed by atoms with Crippen molar-refractivity contribution in [3.05, 3.63) is 41.2 Å². The fourth-order valence-electron chi connectivity index (χ4n) is 5.29. The number of amides is 3. The minimum Gasteiger partial charge on any atom is -0.366 e. The number of rotatable bonds is 8. The molecule has 1 aliphatic heterocycles. The van der Waals surface area contributed by atoms with Gasteiger partial charge in [-0.05, 0) is 37.8 Å². The van der Waals surface area contributed by atoms with Crippen LogP contribution in [0.5, 0.6) is 0 Å². The van der Waals surface area contributed by atoms with Gasteiger partial charge in [0, 0.05) is 43.5 Å². The van der Waals surface area contributed by atoms with Gasteiger partial charge in [0.2, 0.25) is 17.7 Å². The molecular weight excluding hydrogens is 493 g/mol. The summed E-state index contributed by atoms with van der Waals surface area (Å²) in [6.07, 6.45) is 7.28. The molecule has 1 aromatic carbocycles. The van der Waals surface area contributed by atoms with Crippen LogP contribution in [0.15, 0.2) is 29.6 Å². The molecule has 1 aromatic heterocycles. The van der Waals surface area contributed by atoms with Crippen LogP contribution in [-0.4, -0.2) is 71.3 Å². The fraction of sp³-hybridized carbons (Fsp3) is 0.556. The van der Waals surface area contributed by atoms with E-state index in [0.29, 0.717) is 42.7 Å². The largest absolute Gasteiger partial charge is 0.366 e. The van der Waals surface area contributed by atoms with E-state index >= 15 is 0 Å². The molecule has 2 aliphatic carbocycles. The monoisotopic (exact) mass is 527 g/mol. The van der Waals surface area contributed by atoms with Gasteiger partial charge in [-0.3, -0.25) is 14.4 Å².